The van der Waals surface area contributed by atoms with Crippen molar-refractivity contribution in [1.82, 2.24) is 5.43 Å². The molecule has 0 aromatic rings. The molecule has 4 heteroatoms. The Morgan fingerprint density at radius 3 is 2.71 bits per heavy atom. The molecular formula is C10H20N2OS. The van der Waals surface area contributed by atoms with Crippen molar-refractivity contribution in [2.45, 2.75) is 44.3 Å². The van der Waals surface area contributed by atoms with Gasteiger partial charge in [-0.3, -0.25) is 10.2 Å². The van der Waals surface area contributed by atoms with Gasteiger partial charge in [-0.1, -0.05) is 26.2 Å². The highest BCUT2D eigenvalue weighted by molar-refractivity contribution is 7.99. The highest BCUT2D eigenvalue weighted by atomic mass is 32.2. The molecule has 14 heavy (non-hydrogen) atoms. The maximum atomic E-state index is 11.1. The molecule has 1 fully saturated rings. The first-order valence-corrected chi connectivity index (χ1v) is 6.41. The van der Waals surface area contributed by atoms with Gasteiger partial charge in [0.25, 0.3) is 0 Å². The third-order valence-corrected chi connectivity index (χ3v) is 4.36. The largest absolute Gasteiger partial charge is 0.294 e. The lowest BCUT2D eigenvalue weighted by Crippen LogP contribution is -2.35. The smallest absolute Gasteiger partial charge is 0.237 e. The first kappa shape index (κ1) is 11.9. The van der Waals surface area contributed by atoms with E-state index in [1.165, 1.54) is 32.1 Å². The van der Waals surface area contributed by atoms with E-state index in [2.05, 4.69) is 5.43 Å². The lowest BCUT2D eigenvalue weighted by molar-refractivity contribution is -0.123. The zero-order chi connectivity index (χ0) is 10.4. The van der Waals surface area contributed by atoms with Crippen molar-refractivity contribution in [3.63, 3.8) is 0 Å². The summed E-state index contributed by atoms with van der Waals surface area (Å²) in [6.45, 7) is 1.93. The normalized spacial score (nSPS) is 20.4. The Hall–Kier alpha value is -0.220. The second kappa shape index (κ2) is 6.30. The quantitative estimate of drug-likeness (QED) is 0.427. The van der Waals surface area contributed by atoms with Gasteiger partial charge in [-0.05, 0) is 12.8 Å². The van der Waals surface area contributed by atoms with E-state index in [0.29, 0.717) is 0 Å². The summed E-state index contributed by atoms with van der Waals surface area (Å²) in [7, 11) is 0. The van der Waals surface area contributed by atoms with Gasteiger partial charge >= 0.3 is 0 Å². The van der Waals surface area contributed by atoms with Crippen LogP contribution in [0.1, 0.15) is 39.0 Å². The zero-order valence-corrected chi connectivity index (χ0v) is 9.61. The Labute approximate surface area is 90.2 Å². The molecule has 1 aliphatic rings. The topological polar surface area (TPSA) is 55.1 Å². The molecule has 82 valence electrons. The Bertz CT molecular complexity index is 181. The minimum atomic E-state index is -0.0479. The van der Waals surface area contributed by atoms with Crippen molar-refractivity contribution in [2.24, 2.45) is 11.8 Å². The number of amides is 1. The Morgan fingerprint density at radius 2 is 2.14 bits per heavy atom. The molecule has 1 amide bonds. The molecule has 3 nitrogen and oxygen atoms in total. The SMILES string of the molecule is CC(CSC1CCCCC1)C(=O)NN. The predicted molar refractivity (Wildman–Crippen MR) is 60.8 cm³/mol. The predicted octanol–water partition coefficient (Wildman–Crippen LogP) is 1.68. The molecule has 0 bridgehead atoms. The minimum absolute atomic E-state index is 0.0342. The number of hydrogen-bond acceptors (Lipinski definition) is 3. The van der Waals surface area contributed by atoms with Gasteiger partial charge in [0.1, 0.15) is 0 Å². The maximum Gasteiger partial charge on any atom is 0.237 e. The summed E-state index contributed by atoms with van der Waals surface area (Å²) in [5, 5.41) is 0.775. The minimum Gasteiger partial charge on any atom is -0.294 e. The molecule has 1 rings (SSSR count). The summed E-state index contributed by atoms with van der Waals surface area (Å²) in [6, 6.07) is 0. The molecule has 1 unspecified atom stereocenters. The monoisotopic (exact) mass is 216 g/mol. The van der Waals surface area contributed by atoms with Gasteiger partial charge in [0.05, 0.1) is 0 Å². The molecule has 1 aliphatic carbocycles. The van der Waals surface area contributed by atoms with Crippen molar-refractivity contribution < 1.29 is 4.79 Å². The number of thioether (sulfide) groups is 1. The Morgan fingerprint density at radius 1 is 1.50 bits per heavy atom. The second-order valence-electron chi connectivity index (χ2n) is 4.00. The standard InChI is InChI=1S/C10H20N2OS/c1-8(10(13)12-11)7-14-9-5-3-2-4-6-9/h8-9H,2-7,11H2,1H3,(H,12,13). The van der Waals surface area contributed by atoms with Crippen LogP contribution >= 0.6 is 11.8 Å². The van der Waals surface area contributed by atoms with E-state index in [1.54, 1.807) is 0 Å². The van der Waals surface area contributed by atoms with Crippen LogP contribution < -0.4 is 11.3 Å². The van der Waals surface area contributed by atoms with Crippen molar-refractivity contribution in [3.8, 4) is 0 Å². The summed E-state index contributed by atoms with van der Waals surface area (Å²) in [5.41, 5.74) is 2.20. The van der Waals surface area contributed by atoms with E-state index in [9.17, 15) is 4.79 Å². The van der Waals surface area contributed by atoms with Crippen molar-refractivity contribution in [1.29, 1.82) is 0 Å². The lowest BCUT2D eigenvalue weighted by Gasteiger charge is -2.22. The maximum absolute atomic E-state index is 11.1. The summed E-state index contributed by atoms with van der Waals surface area (Å²) < 4.78 is 0. The van der Waals surface area contributed by atoms with Crippen molar-refractivity contribution in [2.75, 3.05) is 5.75 Å². The number of hydrazine groups is 1. The molecule has 0 radical (unpaired) electrons. The van der Waals surface area contributed by atoms with Gasteiger partial charge in [-0.2, -0.15) is 11.8 Å². The van der Waals surface area contributed by atoms with Crippen LogP contribution in [0.25, 0.3) is 0 Å². The fourth-order valence-electron chi connectivity index (χ4n) is 1.73. The Balaban J connectivity index is 2.15. The van der Waals surface area contributed by atoms with Crippen LogP contribution in [0, 0.1) is 5.92 Å². The van der Waals surface area contributed by atoms with Gasteiger partial charge in [0.2, 0.25) is 5.91 Å². The van der Waals surface area contributed by atoms with Gasteiger partial charge in [0, 0.05) is 16.9 Å². The van der Waals surface area contributed by atoms with Crippen molar-refractivity contribution in [3.05, 3.63) is 0 Å². The fraction of sp³-hybridized carbons (Fsp3) is 0.900. The number of nitrogens with one attached hydrogen (secondary N) is 1. The number of rotatable bonds is 4. The highest BCUT2D eigenvalue weighted by Crippen LogP contribution is 2.29. The molecule has 0 spiro atoms. The number of hydrogen-bond donors (Lipinski definition) is 2. The third kappa shape index (κ3) is 3.88. The van der Waals surface area contributed by atoms with Crippen LogP contribution in [0.4, 0.5) is 0 Å². The van der Waals surface area contributed by atoms with E-state index < -0.39 is 0 Å². The van der Waals surface area contributed by atoms with E-state index in [4.69, 9.17) is 5.84 Å². The van der Waals surface area contributed by atoms with Gasteiger partial charge < -0.3 is 0 Å². The summed E-state index contributed by atoms with van der Waals surface area (Å²) >= 11 is 1.93. The molecule has 0 heterocycles. The average Bonchev–Trinajstić information content (AvgIpc) is 2.26. The molecule has 3 N–H and O–H groups in total. The number of nitrogens with two attached hydrogens (primary N) is 1. The molecule has 0 aromatic carbocycles. The molecule has 0 saturated heterocycles. The second-order valence-corrected chi connectivity index (χ2v) is 5.34. The molecule has 0 aromatic heterocycles. The average molecular weight is 216 g/mol. The van der Waals surface area contributed by atoms with Gasteiger partial charge in [-0.15, -0.1) is 0 Å². The first-order chi connectivity index (χ1) is 6.74. The van der Waals surface area contributed by atoms with Crippen LogP contribution in [-0.2, 0) is 4.79 Å². The third-order valence-electron chi connectivity index (χ3n) is 2.72. The molecular weight excluding hydrogens is 196 g/mol. The van der Waals surface area contributed by atoms with Crippen LogP contribution in [0.15, 0.2) is 0 Å². The van der Waals surface area contributed by atoms with Gasteiger partial charge in [0.15, 0.2) is 0 Å². The zero-order valence-electron chi connectivity index (χ0n) is 8.79. The Kier molecular flexibility index (Phi) is 5.33. The molecule has 1 atom stereocenters. The van der Waals surface area contributed by atoms with E-state index in [-0.39, 0.29) is 11.8 Å². The summed E-state index contributed by atoms with van der Waals surface area (Å²) in [5.74, 6) is 5.96. The summed E-state index contributed by atoms with van der Waals surface area (Å²) in [4.78, 5) is 11.1. The lowest BCUT2D eigenvalue weighted by atomic mass is 10.0. The van der Waals surface area contributed by atoms with Crippen LogP contribution in [0.5, 0.6) is 0 Å². The molecule has 0 aliphatic heterocycles. The van der Waals surface area contributed by atoms with Crippen LogP contribution in [0.3, 0.4) is 0 Å². The highest BCUT2D eigenvalue weighted by Gasteiger charge is 2.17. The van der Waals surface area contributed by atoms with Crippen molar-refractivity contribution >= 4 is 17.7 Å². The van der Waals surface area contributed by atoms with Crippen LogP contribution in [0.2, 0.25) is 0 Å². The number of carbonyl (C=O) groups is 1. The first-order valence-electron chi connectivity index (χ1n) is 5.36. The van der Waals surface area contributed by atoms with Crippen LogP contribution in [-0.4, -0.2) is 16.9 Å². The van der Waals surface area contributed by atoms with E-state index >= 15 is 0 Å². The van der Waals surface area contributed by atoms with E-state index in [1.807, 2.05) is 18.7 Å². The number of carbonyl (C=O) groups excluding carboxylic acids is 1. The van der Waals surface area contributed by atoms with Gasteiger partial charge in [-0.25, -0.2) is 5.84 Å². The van der Waals surface area contributed by atoms with E-state index in [0.717, 1.165) is 11.0 Å². The molecule has 1 saturated carbocycles. The summed E-state index contributed by atoms with van der Waals surface area (Å²) in [6.07, 6.45) is 6.74. The fourth-order valence-corrected chi connectivity index (χ4v) is 3.11.